The van der Waals surface area contributed by atoms with E-state index < -0.39 is 0 Å². The normalized spacial score (nSPS) is 35.8. The minimum absolute atomic E-state index is 0.258. The number of allylic oxidation sites excluding steroid dienone is 2. The van der Waals surface area contributed by atoms with Crippen LogP contribution in [0.3, 0.4) is 0 Å². The first-order valence-corrected chi connectivity index (χ1v) is 4.96. The average molecular weight is 164 g/mol. The Morgan fingerprint density at radius 1 is 1.33 bits per heavy atom. The molecule has 1 nitrogen and oxygen atoms in total. The molecule has 1 fully saturated rings. The molecule has 0 amide bonds. The maximum absolute atomic E-state index is 11.6. The zero-order chi connectivity index (χ0) is 8.60. The number of carbonyl (C=O) groups is 1. The highest BCUT2D eigenvalue weighted by Crippen LogP contribution is 2.45. The second kappa shape index (κ2) is 2.72. The van der Waals surface area contributed by atoms with Gasteiger partial charge in [-0.05, 0) is 43.1 Å². The van der Waals surface area contributed by atoms with Gasteiger partial charge in [-0.15, -0.1) is 0 Å². The molecule has 2 rings (SSSR count). The van der Waals surface area contributed by atoms with Gasteiger partial charge in [0.05, 0.1) is 0 Å². The molecule has 12 heavy (non-hydrogen) atoms. The minimum atomic E-state index is 0.258. The molecule has 0 bridgehead atoms. The summed E-state index contributed by atoms with van der Waals surface area (Å²) in [5, 5.41) is 0. The number of ketones is 1. The number of fused-ring (bicyclic) bond motifs is 1. The monoisotopic (exact) mass is 164 g/mol. The largest absolute Gasteiger partial charge is 0.295 e. The van der Waals surface area contributed by atoms with Crippen LogP contribution in [0.2, 0.25) is 0 Å². The predicted molar refractivity (Wildman–Crippen MR) is 48.9 cm³/mol. The van der Waals surface area contributed by atoms with Crippen LogP contribution in [0.5, 0.6) is 0 Å². The van der Waals surface area contributed by atoms with Gasteiger partial charge in [0.15, 0.2) is 5.78 Å². The predicted octanol–water partition coefficient (Wildman–Crippen LogP) is 2.86. The quantitative estimate of drug-likeness (QED) is 0.538. The van der Waals surface area contributed by atoms with E-state index in [-0.39, 0.29) is 5.41 Å². The van der Waals surface area contributed by atoms with Gasteiger partial charge in [0, 0.05) is 6.42 Å². The first-order valence-electron chi connectivity index (χ1n) is 4.96. The van der Waals surface area contributed by atoms with Crippen LogP contribution in [-0.2, 0) is 4.79 Å². The topological polar surface area (TPSA) is 17.1 Å². The van der Waals surface area contributed by atoms with Crippen LogP contribution in [-0.4, -0.2) is 5.78 Å². The summed E-state index contributed by atoms with van der Waals surface area (Å²) < 4.78 is 0. The highest BCUT2D eigenvalue weighted by Gasteiger charge is 2.37. The van der Waals surface area contributed by atoms with Gasteiger partial charge in [0.25, 0.3) is 0 Å². The third kappa shape index (κ3) is 1.12. The molecule has 0 saturated heterocycles. The van der Waals surface area contributed by atoms with Gasteiger partial charge in [-0.3, -0.25) is 4.79 Å². The Kier molecular flexibility index (Phi) is 1.82. The van der Waals surface area contributed by atoms with Crippen molar-refractivity contribution >= 4 is 5.78 Å². The summed E-state index contributed by atoms with van der Waals surface area (Å²) >= 11 is 0. The molecule has 1 saturated carbocycles. The lowest BCUT2D eigenvalue weighted by atomic mass is 9.66. The summed E-state index contributed by atoms with van der Waals surface area (Å²) in [4.78, 5) is 11.6. The van der Waals surface area contributed by atoms with Crippen LogP contribution in [0, 0.1) is 5.41 Å². The molecule has 0 spiro atoms. The minimum Gasteiger partial charge on any atom is -0.295 e. The van der Waals surface area contributed by atoms with E-state index in [1.165, 1.54) is 19.3 Å². The fraction of sp³-hybridized carbons (Fsp3) is 0.727. The van der Waals surface area contributed by atoms with E-state index >= 15 is 0 Å². The molecule has 0 aromatic carbocycles. The number of Topliss-reactive ketones (excluding diaryl/α,β-unsaturated/α-hetero) is 1. The summed E-state index contributed by atoms with van der Waals surface area (Å²) in [6, 6.07) is 0. The highest BCUT2D eigenvalue weighted by molar-refractivity contribution is 5.97. The van der Waals surface area contributed by atoms with Gasteiger partial charge in [-0.2, -0.15) is 0 Å². The van der Waals surface area contributed by atoms with Crippen LogP contribution in [0.1, 0.15) is 45.4 Å². The molecule has 2 aliphatic carbocycles. The maximum atomic E-state index is 11.6. The molecule has 0 unspecified atom stereocenters. The lowest BCUT2D eigenvalue weighted by Gasteiger charge is -2.38. The zero-order valence-electron chi connectivity index (χ0n) is 7.73. The molecular formula is C11H16O. The van der Waals surface area contributed by atoms with Gasteiger partial charge in [0.1, 0.15) is 0 Å². The van der Waals surface area contributed by atoms with Crippen LogP contribution < -0.4 is 0 Å². The van der Waals surface area contributed by atoms with Crippen LogP contribution >= 0.6 is 0 Å². The number of hydrogen-bond donors (Lipinski definition) is 0. The van der Waals surface area contributed by atoms with E-state index in [4.69, 9.17) is 0 Å². The van der Waals surface area contributed by atoms with E-state index in [0.717, 1.165) is 24.8 Å². The molecule has 0 aromatic rings. The van der Waals surface area contributed by atoms with Crippen molar-refractivity contribution in [3.05, 3.63) is 11.6 Å². The Balaban J connectivity index is 2.33. The molecule has 0 aromatic heterocycles. The van der Waals surface area contributed by atoms with Gasteiger partial charge in [-0.1, -0.05) is 13.0 Å². The molecule has 1 heteroatoms. The third-order valence-electron chi connectivity index (χ3n) is 3.36. The van der Waals surface area contributed by atoms with Gasteiger partial charge in [0.2, 0.25) is 0 Å². The van der Waals surface area contributed by atoms with E-state index in [2.05, 4.69) is 13.0 Å². The second-order valence-electron chi connectivity index (χ2n) is 4.35. The van der Waals surface area contributed by atoms with Crippen LogP contribution in [0.25, 0.3) is 0 Å². The number of hydrogen-bond acceptors (Lipinski definition) is 1. The van der Waals surface area contributed by atoms with Crippen molar-refractivity contribution in [1.29, 1.82) is 0 Å². The Morgan fingerprint density at radius 3 is 2.83 bits per heavy atom. The second-order valence-corrected chi connectivity index (χ2v) is 4.35. The van der Waals surface area contributed by atoms with Gasteiger partial charge in [-0.25, -0.2) is 0 Å². The first kappa shape index (κ1) is 8.03. The highest BCUT2D eigenvalue weighted by atomic mass is 16.1. The molecule has 66 valence electrons. The Labute approximate surface area is 73.8 Å². The number of rotatable bonds is 0. The summed E-state index contributed by atoms with van der Waals surface area (Å²) in [7, 11) is 0. The summed E-state index contributed by atoms with van der Waals surface area (Å²) in [5.41, 5.74) is 1.41. The molecule has 0 heterocycles. The molecule has 1 atom stereocenters. The Bertz CT molecular complexity index is 239. The van der Waals surface area contributed by atoms with Crippen molar-refractivity contribution < 1.29 is 4.79 Å². The van der Waals surface area contributed by atoms with Crippen molar-refractivity contribution in [2.45, 2.75) is 45.4 Å². The van der Waals surface area contributed by atoms with Crippen LogP contribution in [0.4, 0.5) is 0 Å². The lowest BCUT2D eigenvalue weighted by molar-refractivity contribution is -0.118. The fourth-order valence-electron chi connectivity index (χ4n) is 2.60. The van der Waals surface area contributed by atoms with Crippen molar-refractivity contribution in [3.8, 4) is 0 Å². The summed E-state index contributed by atoms with van der Waals surface area (Å²) in [6.45, 7) is 2.26. The van der Waals surface area contributed by atoms with Crippen LogP contribution in [0.15, 0.2) is 11.6 Å². The molecule has 0 N–H and O–H groups in total. The SMILES string of the molecule is C[C@]12CCCC=C1C(=O)CCC2. The van der Waals surface area contributed by atoms with E-state index in [1.807, 2.05) is 0 Å². The van der Waals surface area contributed by atoms with Gasteiger partial charge < -0.3 is 0 Å². The maximum Gasteiger partial charge on any atom is 0.159 e. The first-order chi connectivity index (χ1) is 5.72. The lowest BCUT2D eigenvalue weighted by Crippen LogP contribution is -2.31. The molecule has 2 aliphatic rings. The average Bonchev–Trinajstić information content (AvgIpc) is 2.04. The Hall–Kier alpha value is -0.590. The standard InChI is InChI=1S/C11H16O/c1-11-7-3-2-5-9(11)10(12)6-4-8-11/h5H,2-4,6-8H2,1H3/t11-/m1/s1. The molecule has 0 radical (unpaired) electrons. The van der Waals surface area contributed by atoms with Crippen molar-refractivity contribution in [2.24, 2.45) is 5.41 Å². The van der Waals surface area contributed by atoms with E-state index in [9.17, 15) is 4.79 Å². The van der Waals surface area contributed by atoms with Crippen molar-refractivity contribution in [1.82, 2.24) is 0 Å². The zero-order valence-corrected chi connectivity index (χ0v) is 7.73. The molecule has 0 aliphatic heterocycles. The van der Waals surface area contributed by atoms with E-state index in [1.54, 1.807) is 0 Å². The fourth-order valence-corrected chi connectivity index (χ4v) is 2.60. The molecular weight excluding hydrogens is 148 g/mol. The summed E-state index contributed by atoms with van der Waals surface area (Å²) in [6.07, 6.45) is 8.93. The number of carbonyl (C=O) groups excluding carboxylic acids is 1. The smallest absolute Gasteiger partial charge is 0.159 e. The van der Waals surface area contributed by atoms with Gasteiger partial charge >= 0.3 is 0 Å². The summed E-state index contributed by atoms with van der Waals surface area (Å²) in [5.74, 6) is 0.420. The van der Waals surface area contributed by atoms with E-state index in [0.29, 0.717) is 5.78 Å². The third-order valence-corrected chi connectivity index (χ3v) is 3.36. The van der Waals surface area contributed by atoms with Crippen molar-refractivity contribution in [2.75, 3.05) is 0 Å². The van der Waals surface area contributed by atoms with Crippen molar-refractivity contribution in [3.63, 3.8) is 0 Å². The Morgan fingerprint density at radius 2 is 2.08 bits per heavy atom.